The Morgan fingerprint density at radius 1 is 1.43 bits per heavy atom. The van der Waals surface area contributed by atoms with E-state index in [1.165, 1.54) is 12.8 Å². The van der Waals surface area contributed by atoms with Gasteiger partial charge in [0, 0.05) is 24.0 Å². The maximum atomic E-state index is 11.8. The van der Waals surface area contributed by atoms with E-state index < -0.39 is 0 Å². The predicted molar refractivity (Wildman–Crippen MR) is 86.3 cm³/mol. The fraction of sp³-hybridized carbons (Fsp3) is 0.562. The predicted octanol–water partition coefficient (Wildman–Crippen LogP) is 2.33. The zero-order valence-corrected chi connectivity index (χ0v) is 13.3. The Morgan fingerprint density at radius 3 is 2.76 bits per heavy atom. The van der Waals surface area contributed by atoms with Crippen molar-refractivity contribution in [1.82, 2.24) is 10.2 Å². The van der Waals surface area contributed by atoms with Gasteiger partial charge in [-0.05, 0) is 50.6 Å². The highest BCUT2D eigenvalue weighted by molar-refractivity contribution is 6.30. The number of likely N-dealkylation sites (tertiary alicyclic amines) is 1. The van der Waals surface area contributed by atoms with Crippen LogP contribution in [0.3, 0.4) is 0 Å². The van der Waals surface area contributed by atoms with Gasteiger partial charge in [-0.2, -0.15) is 0 Å². The second-order valence-corrected chi connectivity index (χ2v) is 6.24. The smallest absolute Gasteiger partial charge is 0.221 e. The number of nitrogens with one attached hydrogen (secondary N) is 1. The molecule has 2 unspecified atom stereocenters. The third kappa shape index (κ3) is 4.99. The lowest BCUT2D eigenvalue weighted by Gasteiger charge is -2.28. The highest BCUT2D eigenvalue weighted by Crippen LogP contribution is 2.26. The van der Waals surface area contributed by atoms with Crippen LogP contribution in [0.25, 0.3) is 0 Å². The average Bonchev–Trinajstić information content (AvgIpc) is 2.92. The maximum Gasteiger partial charge on any atom is 0.221 e. The monoisotopic (exact) mass is 309 g/mol. The van der Waals surface area contributed by atoms with Gasteiger partial charge in [-0.15, -0.1) is 0 Å². The first-order valence-corrected chi connectivity index (χ1v) is 7.96. The maximum absolute atomic E-state index is 11.8. The fourth-order valence-corrected chi connectivity index (χ4v) is 3.00. The largest absolute Gasteiger partial charge is 0.354 e. The lowest BCUT2D eigenvalue weighted by molar-refractivity contribution is -0.121. The molecule has 1 amide bonds. The Balaban J connectivity index is 2.04. The molecule has 1 aromatic carbocycles. The van der Waals surface area contributed by atoms with Crippen molar-refractivity contribution in [2.24, 2.45) is 5.73 Å². The minimum atomic E-state index is -0.110. The van der Waals surface area contributed by atoms with Gasteiger partial charge in [0.05, 0.1) is 6.04 Å². The molecule has 1 aliphatic heterocycles. The van der Waals surface area contributed by atoms with Crippen LogP contribution >= 0.6 is 11.6 Å². The highest BCUT2D eigenvalue weighted by Gasteiger charge is 2.24. The van der Waals surface area contributed by atoms with E-state index in [0.29, 0.717) is 13.0 Å². The Hall–Kier alpha value is -1.10. The molecular formula is C16H24ClN3O. The van der Waals surface area contributed by atoms with Gasteiger partial charge in [-0.3, -0.25) is 9.69 Å². The molecule has 0 bridgehead atoms. The molecule has 116 valence electrons. The summed E-state index contributed by atoms with van der Waals surface area (Å²) in [5, 5.41) is 3.74. The average molecular weight is 310 g/mol. The molecule has 0 saturated carbocycles. The number of hydrogen-bond acceptors (Lipinski definition) is 3. The van der Waals surface area contributed by atoms with E-state index in [2.05, 4.69) is 16.3 Å². The van der Waals surface area contributed by atoms with Crippen LogP contribution in [0.2, 0.25) is 5.02 Å². The number of benzene rings is 1. The number of rotatable bonds is 6. The van der Waals surface area contributed by atoms with Crippen molar-refractivity contribution in [3.05, 3.63) is 34.9 Å². The number of amides is 1. The Morgan fingerprint density at radius 2 is 2.14 bits per heavy atom. The summed E-state index contributed by atoms with van der Waals surface area (Å²) in [7, 11) is 0. The molecule has 1 saturated heterocycles. The lowest BCUT2D eigenvalue weighted by Crippen LogP contribution is -2.38. The van der Waals surface area contributed by atoms with Gasteiger partial charge in [0.15, 0.2) is 0 Å². The van der Waals surface area contributed by atoms with Crippen molar-refractivity contribution in [1.29, 1.82) is 0 Å². The third-order valence-electron chi connectivity index (χ3n) is 3.81. The number of carbonyl (C=O) groups excluding carboxylic acids is 1. The molecule has 5 heteroatoms. The summed E-state index contributed by atoms with van der Waals surface area (Å²) in [4.78, 5) is 14.2. The van der Waals surface area contributed by atoms with Crippen molar-refractivity contribution in [2.45, 2.75) is 38.3 Å². The first-order chi connectivity index (χ1) is 10.1. The minimum absolute atomic E-state index is 0.0104. The number of nitrogens with zero attached hydrogens (tertiary/aromatic N) is 1. The molecular weight excluding hydrogens is 286 g/mol. The van der Waals surface area contributed by atoms with Crippen LogP contribution in [-0.4, -0.2) is 36.5 Å². The van der Waals surface area contributed by atoms with Crippen LogP contribution in [0.15, 0.2) is 24.3 Å². The van der Waals surface area contributed by atoms with Crippen LogP contribution in [0.1, 0.15) is 37.8 Å². The lowest BCUT2D eigenvalue weighted by atomic mass is 10.1. The number of nitrogens with two attached hydrogens (primary N) is 1. The quantitative estimate of drug-likeness (QED) is 0.848. The molecule has 21 heavy (non-hydrogen) atoms. The second-order valence-electron chi connectivity index (χ2n) is 5.80. The molecule has 4 nitrogen and oxygen atoms in total. The van der Waals surface area contributed by atoms with E-state index in [1.807, 2.05) is 25.1 Å². The Kier molecular flexibility index (Phi) is 6.03. The van der Waals surface area contributed by atoms with Gasteiger partial charge >= 0.3 is 0 Å². The summed E-state index contributed by atoms with van der Waals surface area (Å²) < 4.78 is 0. The summed E-state index contributed by atoms with van der Waals surface area (Å²) in [5.41, 5.74) is 6.82. The normalized spacial score (nSPS) is 18.4. The topological polar surface area (TPSA) is 58.4 Å². The van der Waals surface area contributed by atoms with Crippen LogP contribution in [0.4, 0.5) is 0 Å². The number of hydrogen-bond donors (Lipinski definition) is 2. The van der Waals surface area contributed by atoms with Gasteiger partial charge in [-0.1, -0.05) is 23.7 Å². The van der Waals surface area contributed by atoms with Crippen LogP contribution < -0.4 is 11.1 Å². The van der Waals surface area contributed by atoms with Crippen molar-refractivity contribution < 1.29 is 4.79 Å². The summed E-state index contributed by atoms with van der Waals surface area (Å²) >= 11 is 6.10. The van der Waals surface area contributed by atoms with Crippen molar-refractivity contribution in [3.8, 4) is 0 Å². The van der Waals surface area contributed by atoms with Gasteiger partial charge in [0.2, 0.25) is 5.91 Å². The first-order valence-electron chi connectivity index (χ1n) is 7.58. The molecule has 3 N–H and O–H groups in total. The summed E-state index contributed by atoms with van der Waals surface area (Å²) in [6.07, 6.45) is 2.79. The molecule has 1 fully saturated rings. The zero-order chi connectivity index (χ0) is 15.2. The van der Waals surface area contributed by atoms with Crippen molar-refractivity contribution in [3.63, 3.8) is 0 Å². The van der Waals surface area contributed by atoms with Crippen LogP contribution in [0.5, 0.6) is 0 Å². The van der Waals surface area contributed by atoms with Crippen LogP contribution in [0, 0.1) is 0 Å². The summed E-state index contributed by atoms with van der Waals surface area (Å²) in [6, 6.07) is 7.98. The first kappa shape index (κ1) is 16.3. The minimum Gasteiger partial charge on any atom is -0.354 e. The fourth-order valence-electron chi connectivity index (χ4n) is 2.80. The van der Waals surface area contributed by atoms with Crippen molar-refractivity contribution >= 4 is 17.5 Å². The molecule has 0 spiro atoms. The number of carbonyl (C=O) groups is 1. The molecule has 0 aliphatic carbocycles. The summed E-state index contributed by atoms with van der Waals surface area (Å²) in [6.45, 7) is 4.58. The molecule has 1 aliphatic rings. The third-order valence-corrected chi connectivity index (χ3v) is 4.05. The number of halogens is 1. The molecule has 2 atom stereocenters. The second kappa shape index (κ2) is 7.78. The van der Waals surface area contributed by atoms with Crippen LogP contribution in [-0.2, 0) is 4.79 Å². The van der Waals surface area contributed by atoms with Gasteiger partial charge in [0.25, 0.3) is 0 Å². The Labute approximate surface area is 131 Å². The van der Waals surface area contributed by atoms with E-state index in [1.54, 1.807) is 0 Å². The van der Waals surface area contributed by atoms with E-state index in [0.717, 1.165) is 23.7 Å². The molecule has 0 aromatic heterocycles. The standard InChI is InChI=1S/C16H24ClN3O/c1-12(18)9-16(21)19-11-15(20-7-2-3-8-20)13-5-4-6-14(17)10-13/h4-6,10,12,15H,2-3,7-9,11,18H2,1H3,(H,19,21). The summed E-state index contributed by atoms with van der Waals surface area (Å²) in [5.74, 6) is 0.0104. The van der Waals surface area contributed by atoms with Crippen molar-refractivity contribution in [2.75, 3.05) is 19.6 Å². The molecule has 1 heterocycles. The Bertz CT molecular complexity index is 472. The SMILES string of the molecule is CC(N)CC(=O)NCC(c1cccc(Cl)c1)N1CCCC1. The molecule has 0 radical (unpaired) electrons. The van der Waals surface area contributed by atoms with E-state index in [4.69, 9.17) is 17.3 Å². The van der Waals surface area contributed by atoms with E-state index in [9.17, 15) is 4.79 Å². The van der Waals surface area contributed by atoms with Gasteiger partial charge in [-0.25, -0.2) is 0 Å². The van der Waals surface area contributed by atoms with Gasteiger partial charge < -0.3 is 11.1 Å². The highest BCUT2D eigenvalue weighted by atomic mass is 35.5. The van der Waals surface area contributed by atoms with E-state index >= 15 is 0 Å². The van der Waals surface area contributed by atoms with Gasteiger partial charge in [0.1, 0.15) is 0 Å². The van der Waals surface area contributed by atoms with E-state index in [-0.39, 0.29) is 18.0 Å². The molecule has 1 aromatic rings. The molecule has 2 rings (SSSR count). The zero-order valence-electron chi connectivity index (χ0n) is 12.5.